The van der Waals surface area contributed by atoms with Crippen LogP contribution >= 0.6 is 0 Å². The summed E-state index contributed by atoms with van der Waals surface area (Å²) >= 11 is 0. The third-order valence-electron chi connectivity index (χ3n) is 6.16. The van der Waals surface area contributed by atoms with E-state index < -0.39 is 0 Å². The van der Waals surface area contributed by atoms with Crippen molar-refractivity contribution in [3.63, 3.8) is 0 Å². The fraction of sp³-hybridized carbons (Fsp3) is 0.583. The van der Waals surface area contributed by atoms with E-state index in [4.69, 9.17) is 0 Å². The number of nitrogens with zero attached hydrogens (tertiary/aromatic N) is 2. The van der Waals surface area contributed by atoms with Crippen LogP contribution in [0.15, 0.2) is 30.3 Å². The Labute approximate surface area is 163 Å². The van der Waals surface area contributed by atoms with Crippen molar-refractivity contribution in [2.24, 2.45) is 11.8 Å². The van der Waals surface area contributed by atoms with Gasteiger partial charge in [-0.15, -0.1) is 0 Å². The lowest BCUT2D eigenvalue weighted by Crippen LogP contribution is -2.15. The van der Waals surface area contributed by atoms with Gasteiger partial charge < -0.3 is 0 Å². The van der Waals surface area contributed by atoms with E-state index in [0.29, 0.717) is 11.3 Å². The topological polar surface area (TPSA) is 25.8 Å². The molecule has 146 valence electrons. The molecule has 0 spiro atoms. The van der Waals surface area contributed by atoms with Gasteiger partial charge in [0.25, 0.3) is 0 Å². The number of rotatable bonds is 8. The first-order chi connectivity index (χ1) is 13.2. The molecule has 1 aromatic heterocycles. The van der Waals surface area contributed by atoms with Crippen LogP contribution in [0.5, 0.6) is 0 Å². The first kappa shape index (κ1) is 20.0. The molecule has 1 saturated carbocycles. The second-order valence-corrected chi connectivity index (χ2v) is 8.15. The van der Waals surface area contributed by atoms with Crippen molar-refractivity contribution in [2.75, 3.05) is 0 Å². The molecule has 0 aliphatic heterocycles. The number of hydrogen-bond donors (Lipinski definition) is 0. The summed E-state index contributed by atoms with van der Waals surface area (Å²) in [6, 6.07) is 9.40. The zero-order chi connectivity index (χ0) is 19.1. The highest BCUT2D eigenvalue weighted by Crippen LogP contribution is 2.34. The van der Waals surface area contributed by atoms with Crippen LogP contribution in [-0.2, 0) is 12.8 Å². The molecule has 0 bridgehead atoms. The van der Waals surface area contributed by atoms with Crippen molar-refractivity contribution in [3.8, 4) is 11.3 Å². The Balaban J connectivity index is 1.52. The highest BCUT2D eigenvalue weighted by atomic mass is 19.1. The standard InChI is InChI=1S/C24H33FN2/c1-3-5-6-18-7-9-19(10-8-18)11-12-20-13-15-22(23(25)17-20)24-16-14-21(4-2)26-27-24/h13-19H,3-12H2,1-2H3. The molecule has 1 aliphatic carbocycles. The Bertz CT molecular complexity index is 703. The monoisotopic (exact) mass is 368 g/mol. The smallest absolute Gasteiger partial charge is 0.132 e. The zero-order valence-corrected chi connectivity index (χ0v) is 16.9. The Kier molecular flexibility index (Phi) is 7.37. The van der Waals surface area contributed by atoms with Crippen LogP contribution in [0.1, 0.15) is 76.5 Å². The van der Waals surface area contributed by atoms with E-state index in [0.717, 1.165) is 35.9 Å². The maximum absolute atomic E-state index is 14.6. The molecule has 3 rings (SSSR count). The molecule has 1 aromatic carbocycles. The van der Waals surface area contributed by atoms with Gasteiger partial charge in [-0.2, -0.15) is 10.2 Å². The Morgan fingerprint density at radius 1 is 0.926 bits per heavy atom. The maximum Gasteiger partial charge on any atom is 0.132 e. The van der Waals surface area contributed by atoms with Gasteiger partial charge in [-0.05, 0) is 60.9 Å². The van der Waals surface area contributed by atoms with E-state index in [2.05, 4.69) is 23.2 Å². The van der Waals surface area contributed by atoms with Crippen LogP contribution in [0.4, 0.5) is 4.39 Å². The van der Waals surface area contributed by atoms with E-state index in [1.807, 2.05) is 25.1 Å². The van der Waals surface area contributed by atoms with E-state index in [1.54, 1.807) is 6.07 Å². The van der Waals surface area contributed by atoms with Crippen molar-refractivity contribution < 1.29 is 4.39 Å². The Hall–Kier alpha value is -1.77. The minimum absolute atomic E-state index is 0.186. The zero-order valence-electron chi connectivity index (χ0n) is 16.9. The average molecular weight is 369 g/mol. The van der Waals surface area contributed by atoms with Crippen LogP contribution in [0.2, 0.25) is 0 Å². The summed E-state index contributed by atoms with van der Waals surface area (Å²) in [5.41, 5.74) is 3.19. The van der Waals surface area contributed by atoms with Crippen molar-refractivity contribution >= 4 is 0 Å². The second-order valence-electron chi connectivity index (χ2n) is 8.15. The van der Waals surface area contributed by atoms with Crippen molar-refractivity contribution in [3.05, 3.63) is 47.4 Å². The van der Waals surface area contributed by atoms with Gasteiger partial charge in [0.15, 0.2) is 0 Å². The SMILES string of the molecule is CCCCC1CCC(CCc2ccc(-c3ccc(CC)nn3)c(F)c2)CC1. The molecule has 0 saturated heterocycles. The highest BCUT2D eigenvalue weighted by Gasteiger charge is 2.20. The molecule has 1 fully saturated rings. The second kappa shape index (κ2) is 9.96. The summed E-state index contributed by atoms with van der Waals surface area (Å²) in [6.45, 7) is 4.32. The summed E-state index contributed by atoms with van der Waals surface area (Å²) < 4.78 is 14.6. The lowest BCUT2D eigenvalue weighted by molar-refractivity contribution is 0.250. The summed E-state index contributed by atoms with van der Waals surface area (Å²) in [5.74, 6) is 1.59. The number of unbranched alkanes of at least 4 members (excludes halogenated alkanes) is 1. The summed E-state index contributed by atoms with van der Waals surface area (Å²) in [4.78, 5) is 0. The minimum atomic E-state index is -0.186. The number of aryl methyl sites for hydroxylation is 2. The molecular formula is C24H33FN2. The molecule has 0 radical (unpaired) electrons. The van der Waals surface area contributed by atoms with Crippen molar-refractivity contribution in [1.82, 2.24) is 10.2 Å². The molecule has 3 heteroatoms. The van der Waals surface area contributed by atoms with Crippen LogP contribution in [0, 0.1) is 17.7 Å². The normalized spacial score (nSPS) is 20.0. The number of aromatic nitrogens is 2. The van der Waals surface area contributed by atoms with Gasteiger partial charge in [-0.25, -0.2) is 4.39 Å². The van der Waals surface area contributed by atoms with Crippen LogP contribution < -0.4 is 0 Å². The molecule has 2 nitrogen and oxygen atoms in total. The maximum atomic E-state index is 14.6. The van der Waals surface area contributed by atoms with E-state index in [9.17, 15) is 4.39 Å². The van der Waals surface area contributed by atoms with Gasteiger partial charge in [0.1, 0.15) is 5.82 Å². The van der Waals surface area contributed by atoms with Crippen LogP contribution in [0.25, 0.3) is 11.3 Å². The van der Waals surface area contributed by atoms with E-state index in [-0.39, 0.29) is 5.82 Å². The predicted octanol–water partition coefficient (Wildman–Crippen LogP) is 6.77. The largest absolute Gasteiger partial charge is 0.206 e. The lowest BCUT2D eigenvalue weighted by atomic mass is 9.78. The van der Waals surface area contributed by atoms with E-state index in [1.165, 1.54) is 51.4 Å². The predicted molar refractivity (Wildman–Crippen MR) is 110 cm³/mol. The van der Waals surface area contributed by atoms with Gasteiger partial charge in [0, 0.05) is 5.56 Å². The fourth-order valence-electron chi connectivity index (χ4n) is 4.29. The highest BCUT2D eigenvalue weighted by molar-refractivity contribution is 5.59. The molecule has 2 aromatic rings. The first-order valence-corrected chi connectivity index (χ1v) is 10.8. The van der Waals surface area contributed by atoms with Crippen LogP contribution in [0.3, 0.4) is 0 Å². The number of hydrogen-bond acceptors (Lipinski definition) is 2. The van der Waals surface area contributed by atoms with Gasteiger partial charge in [0.2, 0.25) is 0 Å². The van der Waals surface area contributed by atoms with Crippen LogP contribution in [-0.4, -0.2) is 10.2 Å². The summed E-state index contributed by atoms with van der Waals surface area (Å²) in [5, 5.41) is 8.31. The number of halogens is 1. The third kappa shape index (κ3) is 5.60. The van der Waals surface area contributed by atoms with Gasteiger partial charge in [-0.1, -0.05) is 64.9 Å². The Morgan fingerprint density at radius 2 is 1.67 bits per heavy atom. The molecular weight excluding hydrogens is 335 g/mol. The average Bonchev–Trinajstić information content (AvgIpc) is 2.72. The molecule has 1 heterocycles. The van der Waals surface area contributed by atoms with Gasteiger partial charge in [0.05, 0.1) is 11.4 Å². The molecule has 0 atom stereocenters. The minimum Gasteiger partial charge on any atom is -0.206 e. The molecule has 1 aliphatic rings. The quantitative estimate of drug-likeness (QED) is 0.513. The van der Waals surface area contributed by atoms with Gasteiger partial charge in [-0.3, -0.25) is 0 Å². The summed E-state index contributed by atoms with van der Waals surface area (Å²) in [7, 11) is 0. The summed E-state index contributed by atoms with van der Waals surface area (Å²) in [6.07, 6.45) is 12.6. The molecule has 0 unspecified atom stereocenters. The molecule has 0 amide bonds. The molecule has 27 heavy (non-hydrogen) atoms. The molecule has 0 N–H and O–H groups in total. The third-order valence-corrected chi connectivity index (χ3v) is 6.16. The number of benzene rings is 1. The first-order valence-electron chi connectivity index (χ1n) is 10.8. The fourth-order valence-corrected chi connectivity index (χ4v) is 4.29. The van der Waals surface area contributed by atoms with E-state index >= 15 is 0 Å². The Morgan fingerprint density at radius 3 is 2.26 bits per heavy atom. The van der Waals surface area contributed by atoms with Crippen molar-refractivity contribution in [1.29, 1.82) is 0 Å². The van der Waals surface area contributed by atoms with Crippen molar-refractivity contribution in [2.45, 2.75) is 78.1 Å². The van der Waals surface area contributed by atoms with Gasteiger partial charge >= 0.3 is 0 Å². The lowest BCUT2D eigenvalue weighted by Gasteiger charge is -2.28.